The third kappa shape index (κ3) is 3.71. The Hall–Kier alpha value is -0.120. The molecule has 0 radical (unpaired) electrons. The van der Waals surface area contributed by atoms with Crippen molar-refractivity contribution in [2.45, 2.75) is 63.5 Å². The molecule has 1 aliphatic heterocycles. The SMILES string of the molecule is CN(CC1(CNC2CC2)CCCC1)C1CCOCC1. The van der Waals surface area contributed by atoms with Crippen LogP contribution in [0.5, 0.6) is 0 Å². The van der Waals surface area contributed by atoms with Crippen molar-refractivity contribution in [3.8, 4) is 0 Å². The van der Waals surface area contributed by atoms with E-state index in [4.69, 9.17) is 4.74 Å². The van der Waals surface area contributed by atoms with Gasteiger partial charge in [-0.2, -0.15) is 0 Å². The van der Waals surface area contributed by atoms with E-state index in [1.807, 2.05) is 0 Å². The fourth-order valence-corrected chi connectivity index (χ4v) is 3.95. The van der Waals surface area contributed by atoms with Gasteiger partial charge in [-0.05, 0) is 51.0 Å². The minimum Gasteiger partial charge on any atom is -0.381 e. The Balaban J connectivity index is 1.53. The molecule has 0 unspecified atom stereocenters. The number of nitrogens with one attached hydrogen (secondary N) is 1. The standard InChI is InChI=1S/C16H30N2O/c1-18(15-6-10-19-11-7-15)13-16(8-2-3-9-16)12-17-14-4-5-14/h14-15,17H,2-13H2,1H3. The molecule has 3 heteroatoms. The van der Waals surface area contributed by atoms with Crippen molar-refractivity contribution in [1.29, 1.82) is 0 Å². The first-order valence-electron chi connectivity index (χ1n) is 8.29. The molecular formula is C16H30N2O. The second-order valence-corrected chi connectivity index (χ2v) is 7.12. The second-order valence-electron chi connectivity index (χ2n) is 7.12. The maximum atomic E-state index is 5.49. The molecule has 3 nitrogen and oxygen atoms in total. The lowest BCUT2D eigenvalue weighted by Crippen LogP contribution is -2.46. The van der Waals surface area contributed by atoms with Gasteiger partial charge in [0.25, 0.3) is 0 Å². The Morgan fingerprint density at radius 2 is 1.79 bits per heavy atom. The number of rotatable bonds is 6. The Bertz CT molecular complexity index is 278. The molecule has 0 aromatic rings. The largest absolute Gasteiger partial charge is 0.381 e. The first kappa shape index (κ1) is 13.8. The van der Waals surface area contributed by atoms with Gasteiger partial charge in [-0.1, -0.05) is 12.8 Å². The molecular weight excluding hydrogens is 236 g/mol. The van der Waals surface area contributed by atoms with E-state index >= 15 is 0 Å². The first-order valence-corrected chi connectivity index (χ1v) is 8.29. The molecule has 0 atom stereocenters. The van der Waals surface area contributed by atoms with Gasteiger partial charge in [-0.3, -0.25) is 0 Å². The summed E-state index contributed by atoms with van der Waals surface area (Å²) in [6, 6.07) is 1.61. The van der Waals surface area contributed by atoms with Crippen molar-refractivity contribution < 1.29 is 4.74 Å². The lowest BCUT2D eigenvalue weighted by Gasteiger charge is -2.39. The summed E-state index contributed by atoms with van der Waals surface area (Å²) in [5.74, 6) is 0. The smallest absolute Gasteiger partial charge is 0.0480 e. The Kier molecular flexibility index (Phi) is 4.45. The van der Waals surface area contributed by atoms with Crippen LogP contribution in [0, 0.1) is 5.41 Å². The molecule has 1 saturated heterocycles. The average Bonchev–Trinajstić information content (AvgIpc) is 3.17. The lowest BCUT2D eigenvalue weighted by molar-refractivity contribution is 0.0276. The average molecular weight is 266 g/mol. The van der Waals surface area contributed by atoms with Gasteiger partial charge in [-0.15, -0.1) is 0 Å². The van der Waals surface area contributed by atoms with Gasteiger partial charge in [0.1, 0.15) is 0 Å². The number of hydrogen-bond donors (Lipinski definition) is 1. The maximum Gasteiger partial charge on any atom is 0.0480 e. The van der Waals surface area contributed by atoms with Crippen LogP contribution in [0.4, 0.5) is 0 Å². The molecule has 0 aromatic carbocycles. The normalized spacial score (nSPS) is 28.1. The van der Waals surface area contributed by atoms with Crippen LogP contribution in [0.1, 0.15) is 51.4 Å². The molecule has 1 heterocycles. The van der Waals surface area contributed by atoms with E-state index in [1.54, 1.807) is 0 Å². The van der Waals surface area contributed by atoms with E-state index in [0.717, 1.165) is 25.3 Å². The van der Waals surface area contributed by atoms with Gasteiger partial charge in [0.15, 0.2) is 0 Å². The highest BCUT2D eigenvalue weighted by molar-refractivity contribution is 4.93. The van der Waals surface area contributed by atoms with Crippen molar-refractivity contribution in [3.05, 3.63) is 0 Å². The van der Waals surface area contributed by atoms with Crippen molar-refractivity contribution in [3.63, 3.8) is 0 Å². The summed E-state index contributed by atoms with van der Waals surface area (Å²) in [6.45, 7) is 4.47. The summed E-state index contributed by atoms with van der Waals surface area (Å²) in [5.41, 5.74) is 0.565. The summed E-state index contributed by atoms with van der Waals surface area (Å²) < 4.78 is 5.49. The monoisotopic (exact) mass is 266 g/mol. The molecule has 0 spiro atoms. The Morgan fingerprint density at radius 3 is 2.42 bits per heavy atom. The first-order chi connectivity index (χ1) is 9.27. The minimum absolute atomic E-state index is 0.565. The molecule has 110 valence electrons. The lowest BCUT2D eigenvalue weighted by atomic mass is 9.84. The van der Waals surface area contributed by atoms with Crippen LogP contribution in [-0.4, -0.2) is 50.3 Å². The molecule has 3 aliphatic rings. The zero-order valence-electron chi connectivity index (χ0n) is 12.5. The zero-order valence-corrected chi connectivity index (χ0v) is 12.5. The van der Waals surface area contributed by atoms with Crippen LogP contribution in [0.2, 0.25) is 0 Å². The van der Waals surface area contributed by atoms with Gasteiger partial charge in [0.05, 0.1) is 0 Å². The van der Waals surface area contributed by atoms with Crippen LogP contribution in [0.15, 0.2) is 0 Å². The molecule has 3 rings (SSSR count). The van der Waals surface area contributed by atoms with Crippen molar-refractivity contribution in [2.75, 3.05) is 33.4 Å². The highest BCUT2D eigenvalue weighted by atomic mass is 16.5. The molecule has 0 bridgehead atoms. The summed E-state index contributed by atoms with van der Waals surface area (Å²) in [7, 11) is 2.34. The van der Waals surface area contributed by atoms with Gasteiger partial charge in [0.2, 0.25) is 0 Å². The van der Waals surface area contributed by atoms with Crippen LogP contribution < -0.4 is 5.32 Å². The fourth-order valence-electron chi connectivity index (χ4n) is 3.95. The zero-order chi connectivity index (χ0) is 13.1. The van der Waals surface area contributed by atoms with Crippen LogP contribution in [0.3, 0.4) is 0 Å². The molecule has 0 amide bonds. The minimum atomic E-state index is 0.565. The van der Waals surface area contributed by atoms with Crippen LogP contribution in [-0.2, 0) is 4.74 Å². The van der Waals surface area contributed by atoms with Crippen molar-refractivity contribution in [2.24, 2.45) is 5.41 Å². The van der Waals surface area contributed by atoms with Gasteiger partial charge < -0.3 is 15.0 Å². The predicted octanol–water partition coefficient (Wildman–Crippen LogP) is 2.41. The van der Waals surface area contributed by atoms with Gasteiger partial charge in [-0.25, -0.2) is 0 Å². The summed E-state index contributed by atoms with van der Waals surface area (Å²) in [5, 5.41) is 3.80. The van der Waals surface area contributed by atoms with Gasteiger partial charge in [0, 0.05) is 38.4 Å². The number of hydrogen-bond acceptors (Lipinski definition) is 3. The number of ether oxygens (including phenoxy) is 1. The summed E-state index contributed by atoms with van der Waals surface area (Å²) in [4.78, 5) is 2.64. The molecule has 1 N–H and O–H groups in total. The fraction of sp³-hybridized carbons (Fsp3) is 1.00. The topological polar surface area (TPSA) is 24.5 Å². The van der Waals surface area contributed by atoms with E-state index < -0.39 is 0 Å². The molecule has 2 aliphatic carbocycles. The third-order valence-corrected chi connectivity index (χ3v) is 5.41. The molecule has 3 fully saturated rings. The number of nitrogens with zero attached hydrogens (tertiary/aromatic N) is 1. The van der Waals surface area contributed by atoms with Crippen LogP contribution >= 0.6 is 0 Å². The third-order valence-electron chi connectivity index (χ3n) is 5.41. The van der Waals surface area contributed by atoms with Crippen molar-refractivity contribution in [1.82, 2.24) is 10.2 Å². The van der Waals surface area contributed by atoms with E-state index in [9.17, 15) is 0 Å². The van der Waals surface area contributed by atoms with E-state index in [-0.39, 0.29) is 0 Å². The molecule has 19 heavy (non-hydrogen) atoms. The maximum absolute atomic E-state index is 5.49. The predicted molar refractivity (Wildman–Crippen MR) is 78.4 cm³/mol. The highest BCUT2D eigenvalue weighted by Crippen LogP contribution is 2.39. The summed E-state index contributed by atoms with van der Waals surface area (Å²) >= 11 is 0. The van der Waals surface area contributed by atoms with E-state index in [1.165, 1.54) is 64.5 Å². The Morgan fingerprint density at radius 1 is 1.11 bits per heavy atom. The highest BCUT2D eigenvalue weighted by Gasteiger charge is 2.37. The quantitative estimate of drug-likeness (QED) is 0.799. The summed E-state index contributed by atoms with van der Waals surface area (Å²) in [6.07, 6.45) is 11.0. The van der Waals surface area contributed by atoms with Gasteiger partial charge >= 0.3 is 0 Å². The van der Waals surface area contributed by atoms with E-state index in [0.29, 0.717) is 5.41 Å². The van der Waals surface area contributed by atoms with Crippen LogP contribution in [0.25, 0.3) is 0 Å². The van der Waals surface area contributed by atoms with E-state index in [2.05, 4.69) is 17.3 Å². The molecule has 0 aromatic heterocycles. The molecule has 2 saturated carbocycles. The Labute approximate surface area is 118 Å². The second kappa shape index (κ2) is 6.11. The van der Waals surface area contributed by atoms with Crippen molar-refractivity contribution >= 4 is 0 Å².